The fourth-order valence-corrected chi connectivity index (χ4v) is 4.86. The summed E-state index contributed by atoms with van der Waals surface area (Å²) in [6.45, 7) is 6.84. The molecule has 0 bridgehead atoms. The first-order valence-electron chi connectivity index (χ1n) is 6.67. The van der Waals surface area contributed by atoms with E-state index in [0.717, 1.165) is 30.7 Å². The van der Waals surface area contributed by atoms with Crippen molar-refractivity contribution in [2.75, 3.05) is 0 Å². The van der Waals surface area contributed by atoms with E-state index >= 15 is 0 Å². The van der Waals surface area contributed by atoms with Crippen molar-refractivity contribution >= 4 is 21.4 Å². The molecule has 0 unspecified atom stereocenters. The number of sulfonamides is 1. The van der Waals surface area contributed by atoms with E-state index in [9.17, 15) is 8.42 Å². The van der Waals surface area contributed by atoms with Gasteiger partial charge in [0.15, 0.2) is 0 Å². The van der Waals surface area contributed by atoms with Crippen molar-refractivity contribution < 1.29 is 8.42 Å². The van der Waals surface area contributed by atoms with Crippen LogP contribution in [0.2, 0.25) is 0 Å². The SMILES string of the molecule is CC(C)NCc1ccc(S(=O)(=O)NC2(C)CCC2)s1. The Labute approximate surface area is 119 Å². The lowest BCUT2D eigenvalue weighted by Crippen LogP contribution is -2.50. The summed E-state index contributed by atoms with van der Waals surface area (Å²) in [6.07, 6.45) is 2.96. The lowest BCUT2D eigenvalue weighted by molar-refractivity contribution is 0.248. The summed E-state index contributed by atoms with van der Waals surface area (Å²) in [5, 5.41) is 3.29. The molecule has 1 fully saturated rings. The monoisotopic (exact) mass is 302 g/mol. The maximum absolute atomic E-state index is 12.3. The Balaban J connectivity index is 2.04. The van der Waals surface area contributed by atoms with Crippen LogP contribution in [-0.2, 0) is 16.6 Å². The predicted octanol–water partition coefficient (Wildman–Crippen LogP) is 2.47. The van der Waals surface area contributed by atoms with Gasteiger partial charge in [-0.3, -0.25) is 0 Å². The van der Waals surface area contributed by atoms with Gasteiger partial charge in [0, 0.05) is 23.0 Å². The molecule has 1 aliphatic carbocycles. The number of hydrogen-bond acceptors (Lipinski definition) is 4. The minimum absolute atomic E-state index is 0.237. The molecule has 0 aromatic carbocycles. The van der Waals surface area contributed by atoms with Gasteiger partial charge in [0.05, 0.1) is 0 Å². The highest BCUT2D eigenvalue weighted by Gasteiger charge is 2.36. The Morgan fingerprint density at radius 1 is 1.37 bits per heavy atom. The minimum Gasteiger partial charge on any atom is -0.310 e. The summed E-state index contributed by atoms with van der Waals surface area (Å²) in [7, 11) is -3.36. The smallest absolute Gasteiger partial charge is 0.250 e. The fourth-order valence-electron chi connectivity index (χ4n) is 2.09. The van der Waals surface area contributed by atoms with Crippen LogP contribution in [0.1, 0.15) is 44.9 Å². The van der Waals surface area contributed by atoms with Crippen molar-refractivity contribution in [2.24, 2.45) is 0 Å². The van der Waals surface area contributed by atoms with Crippen molar-refractivity contribution in [1.29, 1.82) is 0 Å². The molecular formula is C13H22N2O2S2. The van der Waals surface area contributed by atoms with Crippen LogP contribution in [0, 0.1) is 0 Å². The van der Waals surface area contributed by atoms with Crippen LogP contribution in [0.15, 0.2) is 16.3 Å². The highest BCUT2D eigenvalue weighted by Crippen LogP contribution is 2.33. The molecule has 0 amide bonds. The van der Waals surface area contributed by atoms with E-state index in [0.29, 0.717) is 10.3 Å². The van der Waals surface area contributed by atoms with E-state index in [1.807, 2.05) is 13.0 Å². The van der Waals surface area contributed by atoms with Gasteiger partial charge in [-0.15, -0.1) is 11.3 Å². The molecule has 2 rings (SSSR count). The van der Waals surface area contributed by atoms with Crippen LogP contribution < -0.4 is 10.0 Å². The second-order valence-corrected chi connectivity index (χ2v) is 8.85. The second kappa shape index (κ2) is 5.52. The van der Waals surface area contributed by atoms with Gasteiger partial charge in [0.2, 0.25) is 0 Å². The van der Waals surface area contributed by atoms with Crippen LogP contribution in [0.25, 0.3) is 0 Å². The highest BCUT2D eigenvalue weighted by atomic mass is 32.2. The van der Waals surface area contributed by atoms with Crippen LogP contribution in [0.3, 0.4) is 0 Å². The van der Waals surface area contributed by atoms with Gasteiger partial charge >= 0.3 is 0 Å². The number of thiophene rings is 1. The van der Waals surface area contributed by atoms with E-state index in [4.69, 9.17) is 0 Å². The van der Waals surface area contributed by atoms with Gasteiger partial charge in [-0.1, -0.05) is 13.8 Å². The van der Waals surface area contributed by atoms with Gasteiger partial charge in [-0.05, 0) is 38.3 Å². The molecule has 1 aromatic rings. The van der Waals surface area contributed by atoms with Gasteiger partial charge < -0.3 is 5.32 Å². The Hall–Kier alpha value is -0.430. The quantitative estimate of drug-likeness (QED) is 0.848. The molecule has 1 saturated carbocycles. The third-order valence-electron chi connectivity index (χ3n) is 3.42. The first kappa shape index (κ1) is 15.0. The zero-order chi connectivity index (χ0) is 14.1. The van der Waals surface area contributed by atoms with Gasteiger partial charge in [0.25, 0.3) is 10.0 Å². The molecule has 1 aliphatic rings. The number of rotatable bonds is 6. The van der Waals surface area contributed by atoms with Gasteiger partial charge in [-0.25, -0.2) is 13.1 Å². The molecule has 1 heterocycles. The molecule has 1 aromatic heterocycles. The van der Waals surface area contributed by atoms with Crippen molar-refractivity contribution in [1.82, 2.24) is 10.0 Å². The molecule has 19 heavy (non-hydrogen) atoms. The van der Waals surface area contributed by atoms with E-state index in [1.54, 1.807) is 6.07 Å². The van der Waals surface area contributed by atoms with Crippen LogP contribution in [-0.4, -0.2) is 20.0 Å². The molecule has 0 aliphatic heterocycles. The van der Waals surface area contributed by atoms with E-state index in [2.05, 4.69) is 23.9 Å². The van der Waals surface area contributed by atoms with Crippen molar-refractivity contribution in [3.05, 3.63) is 17.0 Å². The maximum atomic E-state index is 12.3. The third-order valence-corrected chi connectivity index (χ3v) is 6.64. The summed E-state index contributed by atoms with van der Waals surface area (Å²) in [5.41, 5.74) is -0.237. The summed E-state index contributed by atoms with van der Waals surface area (Å²) in [6, 6.07) is 3.98. The first-order valence-corrected chi connectivity index (χ1v) is 8.97. The minimum atomic E-state index is -3.36. The molecule has 6 heteroatoms. The summed E-state index contributed by atoms with van der Waals surface area (Å²) in [4.78, 5) is 1.05. The van der Waals surface area contributed by atoms with Crippen molar-refractivity contribution in [3.8, 4) is 0 Å². The van der Waals surface area contributed by atoms with Crippen molar-refractivity contribution in [3.63, 3.8) is 0 Å². The van der Waals surface area contributed by atoms with E-state index < -0.39 is 10.0 Å². The molecule has 0 saturated heterocycles. The Kier molecular flexibility index (Phi) is 4.35. The average molecular weight is 302 g/mol. The van der Waals surface area contributed by atoms with Crippen LogP contribution in [0.5, 0.6) is 0 Å². The number of nitrogens with one attached hydrogen (secondary N) is 2. The molecule has 2 N–H and O–H groups in total. The largest absolute Gasteiger partial charge is 0.310 e. The summed E-state index contributed by atoms with van der Waals surface area (Å²) < 4.78 is 27.8. The van der Waals surface area contributed by atoms with Gasteiger partial charge in [-0.2, -0.15) is 0 Å². The molecular weight excluding hydrogens is 280 g/mol. The standard InChI is InChI=1S/C13H22N2O2S2/c1-10(2)14-9-11-5-6-12(18-11)19(16,17)15-13(3)7-4-8-13/h5-6,10,14-15H,4,7-9H2,1-3H3. The third kappa shape index (κ3) is 3.78. The lowest BCUT2D eigenvalue weighted by atomic mass is 9.80. The predicted molar refractivity (Wildman–Crippen MR) is 78.9 cm³/mol. The molecule has 0 atom stereocenters. The second-order valence-electron chi connectivity index (χ2n) is 5.78. The average Bonchev–Trinajstić information content (AvgIpc) is 2.73. The summed E-state index contributed by atoms with van der Waals surface area (Å²) in [5.74, 6) is 0. The molecule has 108 valence electrons. The zero-order valence-corrected chi connectivity index (χ0v) is 13.3. The van der Waals surface area contributed by atoms with Crippen LogP contribution in [0.4, 0.5) is 0 Å². The molecule has 0 spiro atoms. The Morgan fingerprint density at radius 3 is 2.58 bits per heavy atom. The fraction of sp³-hybridized carbons (Fsp3) is 0.692. The number of hydrogen-bond donors (Lipinski definition) is 2. The molecule has 0 radical (unpaired) electrons. The van der Waals surface area contributed by atoms with Gasteiger partial charge in [0.1, 0.15) is 4.21 Å². The van der Waals surface area contributed by atoms with Crippen molar-refractivity contribution in [2.45, 2.75) is 62.4 Å². The zero-order valence-electron chi connectivity index (χ0n) is 11.7. The first-order chi connectivity index (χ1) is 8.81. The maximum Gasteiger partial charge on any atom is 0.250 e. The highest BCUT2D eigenvalue weighted by molar-refractivity contribution is 7.91. The summed E-state index contributed by atoms with van der Waals surface area (Å²) >= 11 is 1.34. The Morgan fingerprint density at radius 2 is 2.05 bits per heavy atom. The lowest BCUT2D eigenvalue weighted by Gasteiger charge is -2.38. The topological polar surface area (TPSA) is 58.2 Å². The van der Waals surface area contributed by atoms with E-state index in [-0.39, 0.29) is 5.54 Å². The normalized spacial score (nSPS) is 18.5. The van der Waals surface area contributed by atoms with E-state index in [1.165, 1.54) is 11.3 Å². The molecule has 4 nitrogen and oxygen atoms in total. The Bertz CT molecular complexity index is 531. The van der Waals surface area contributed by atoms with Crippen LogP contribution >= 0.6 is 11.3 Å².